The summed E-state index contributed by atoms with van der Waals surface area (Å²) in [6.45, 7) is 3.97. The van der Waals surface area contributed by atoms with Crippen LogP contribution in [0.2, 0.25) is 0 Å². The van der Waals surface area contributed by atoms with Crippen molar-refractivity contribution in [1.82, 2.24) is 4.57 Å². The second kappa shape index (κ2) is 7.25. The van der Waals surface area contributed by atoms with Gasteiger partial charge in [-0.25, -0.2) is 9.69 Å². The van der Waals surface area contributed by atoms with Crippen LogP contribution in [-0.2, 0) is 11.2 Å². The van der Waals surface area contributed by atoms with Gasteiger partial charge in [-0.3, -0.25) is 9.36 Å². The maximum absolute atomic E-state index is 12.2. The number of hydrogen-bond donors (Lipinski definition) is 0. The predicted molar refractivity (Wildman–Crippen MR) is 95.0 cm³/mol. The third-order valence-electron chi connectivity index (χ3n) is 4.00. The number of hydrogen-bond acceptors (Lipinski definition) is 4. The molecule has 2 heterocycles. The molecule has 0 aliphatic rings. The Bertz CT molecular complexity index is 880. The average molecular weight is 340 g/mol. The molecule has 3 aromatic rings. The summed E-state index contributed by atoms with van der Waals surface area (Å²) in [5, 5.41) is 1.00. The summed E-state index contributed by atoms with van der Waals surface area (Å²) in [6, 6.07) is 11.2. The third kappa shape index (κ3) is 3.42. The van der Waals surface area contributed by atoms with E-state index >= 15 is 0 Å². The smallest absolute Gasteiger partial charge is 0.416 e. The lowest BCUT2D eigenvalue weighted by Gasteiger charge is -2.18. The van der Waals surface area contributed by atoms with Crippen molar-refractivity contribution in [2.45, 2.75) is 20.3 Å². The third-order valence-corrected chi connectivity index (χ3v) is 4.00. The van der Waals surface area contributed by atoms with Crippen molar-refractivity contribution in [3.05, 3.63) is 54.4 Å². The predicted octanol–water partition coefficient (Wildman–Crippen LogP) is 4.10. The zero-order chi connectivity index (χ0) is 17.8. The number of nitrogens with zero attached hydrogens (tertiary/aromatic N) is 2. The van der Waals surface area contributed by atoms with E-state index in [4.69, 9.17) is 9.15 Å². The highest BCUT2D eigenvalue weighted by molar-refractivity contribution is 5.93. The zero-order valence-electron chi connectivity index (χ0n) is 14.3. The van der Waals surface area contributed by atoms with Crippen LogP contribution >= 0.6 is 0 Å². The van der Waals surface area contributed by atoms with Crippen LogP contribution in [0.4, 0.5) is 10.7 Å². The highest BCUT2D eigenvalue weighted by Crippen LogP contribution is 2.23. The van der Waals surface area contributed by atoms with Gasteiger partial charge in [-0.1, -0.05) is 18.2 Å². The number of anilines is 1. The van der Waals surface area contributed by atoms with Crippen LogP contribution in [-0.4, -0.2) is 29.7 Å². The van der Waals surface area contributed by atoms with Gasteiger partial charge in [-0.15, -0.1) is 0 Å². The number of para-hydroxylation sites is 1. The molecule has 0 atom stereocenters. The van der Waals surface area contributed by atoms with Crippen LogP contribution in [0.15, 0.2) is 53.3 Å². The maximum atomic E-state index is 12.2. The van der Waals surface area contributed by atoms with Gasteiger partial charge >= 0.3 is 6.09 Å². The summed E-state index contributed by atoms with van der Waals surface area (Å²) < 4.78 is 12.1. The van der Waals surface area contributed by atoms with E-state index in [9.17, 15) is 9.59 Å². The summed E-state index contributed by atoms with van der Waals surface area (Å²) in [7, 11) is 0. The van der Waals surface area contributed by atoms with Crippen LogP contribution in [0.5, 0.6) is 0 Å². The van der Waals surface area contributed by atoms with Crippen molar-refractivity contribution in [3.63, 3.8) is 0 Å². The molecular formula is C19H20N2O4. The molecule has 130 valence electrons. The Labute approximate surface area is 145 Å². The normalized spacial score (nSPS) is 10.8. The number of furan rings is 1. The highest BCUT2D eigenvalue weighted by Gasteiger charge is 2.20. The van der Waals surface area contributed by atoms with Crippen LogP contribution in [0.3, 0.4) is 0 Å². The van der Waals surface area contributed by atoms with Crippen molar-refractivity contribution in [3.8, 4) is 0 Å². The first-order chi connectivity index (χ1) is 12.1. The standard InChI is InChI=1S/C19H20N2O4/c1-3-24-19(23)20(18-9-6-12-25-18)11-10-15-13-21(14(2)22)17-8-5-4-7-16(15)17/h4-9,12-13H,3,10-11H2,1-2H3. The van der Waals surface area contributed by atoms with Crippen molar-refractivity contribution >= 4 is 28.8 Å². The Kier molecular flexibility index (Phi) is 4.88. The lowest BCUT2D eigenvalue weighted by molar-refractivity contribution is 0.0941. The number of rotatable bonds is 5. The molecular weight excluding hydrogens is 320 g/mol. The number of amides is 1. The van der Waals surface area contributed by atoms with E-state index < -0.39 is 6.09 Å². The molecule has 0 bridgehead atoms. The van der Waals surface area contributed by atoms with E-state index in [1.54, 1.807) is 23.6 Å². The van der Waals surface area contributed by atoms with E-state index in [1.165, 1.54) is 18.1 Å². The second-order valence-electron chi connectivity index (χ2n) is 5.61. The van der Waals surface area contributed by atoms with Gasteiger partial charge in [0.1, 0.15) is 0 Å². The van der Waals surface area contributed by atoms with Crippen LogP contribution < -0.4 is 4.90 Å². The first kappa shape index (κ1) is 16.8. The number of benzene rings is 1. The number of aromatic nitrogens is 1. The van der Waals surface area contributed by atoms with Gasteiger partial charge in [-0.2, -0.15) is 0 Å². The fourth-order valence-corrected chi connectivity index (χ4v) is 2.86. The van der Waals surface area contributed by atoms with Crippen molar-refractivity contribution in [2.75, 3.05) is 18.1 Å². The first-order valence-electron chi connectivity index (χ1n) is 8.19. The second-order valence-corrected chi connectivity index (χ2v) is 5.61. The molecule has 1 amide bonds. The minimum Gasteiger partial charge on any atom is -0.449 e. The molecule has 0 spiro atoms. The Morgan fingerprint density at radius 3 is 2.68 bits per heavy atom. The van der Waals surface area contributed by atoms with Crippen molar-refractivity contribution < 1.29 is 18.7 Å². The molecule has 0 N–H and O–H groups in total. The molecule has 3 rings (SSSR count). The van der Waals surface area contributed by atoms with Gasteiger partial charge in [0.15, 0.2) is 0 Å². The molecule has 25 heavy (non-hydrogen) atoms. The van der Waals surface area contributed by atoms with Gasteiger partial charge in [-0.05, 0) is 31.0 Å². The molecule has 6 nitrogen and oxygen atoms in total. The Morgan fingerprint density at radius 2 is 2.00 bits per heavy atom. The topological polar surface area (TPSA) is 64.7 Å². The Hall–Kier alpha value is -3.02. The van der Waals surface area contributed by atoms with Gasteiger partial charge < -0.3 is 9.15 Å². The van der Waals surface area contributed by atoms with E-state index in [0.717, 1.165) is 16.5 Å². The molecule has 0 radical (unpaired) electrons. The number of fused-ring (bicyclic) bond motifs is 1. The van der Waals surface area contributed by atoms with Crippen LogP contribution in [0, 0.1) is 0 Å². The minimum atomic E-state index is -0.451. The van der Waals surface area contributed by atoms with Crippen LogP contribution in [0.1, 0.15) is 24.2 Å². The molecule has 1 aromatic carbocycles. The van der Waals surface area contributed by atoms with Crippen molar-refractivity contribution in [1.29, 1.82) is 0 Å². The maximum Gasteiger partial charge on any atom is 0.416 e. The summed E-state index contributed by atoms with van der Waals surface area (Å²) in [4.78, 5) is 25.5. The summed E-state index contributed by atoms with van der Waals surface area (Å²) >= 11 is 0. The number of carbonyl (C=O) groups is 2. The SMILES string of the molecule is CCOC(=O)N(CCc1cn(C(C)=O)c2ccccc12)c1ccco1. The summed E-state index contributed by atoms with van der Waals surface area (Å²) in [5.41, 5.74) is 1.86. The van der Waals surface area contributed by atoms with Crippen LogP contribution in [0.25, 0.3) is 10.9 Å². The quantitative estimate of drug-likeness (QED) is 0.701. The summed E-state index contributed by atoms with van der Waals surface area (Å²) in [5.74, 6) is 0.393. The van der Waals surface area contributed by atoms with E-state index in [2.05, 4.69) is 0 Å². The fraction of sp³-hybridized carbons (Fsp3) is 0.263. The van der Waals surface area contributed by atoms with Gasteiger partial charge in [0, 0.05) is 31.1 Å². The zero-order valence-corrected chi connectivity index (χ0v) is 14.3. The van der Waals surface area contributed by atoms with Gasteiger partial charge in [0.2, 0.25) is 11.8 Å². The molecule has 6 heteroatoms. The fourth-order valence-electron chi connectivity index (χ4n) is 2.86. The average Bonchev–Trinajstić information content (AvgIpc) is 3.24. The van der Waals surface area contributed by atoms with E-state index in [0.29, 0.717) is 25.5 Å². The van der Waals surface area contributed by atoms with Gasteiger partial charge in [0.25, 0.3) is 0 Å². The molecule has 0 aliphatic carbocycles. The molecule has 2 aromatic heterocycles. The van der Waals surface area contributed by atoms with E-state index in [-0.39, 0.29) is 5.91 Å². The van der Waals surface area contributed by atoms with Gasteiger partial charge in [0.05, 0.1) is 18.4 Å². The molecule has 0 saturated heterocycles. The largest absolute Gasteiger partial charge is 0.449 e. The lowest BCUT2D eigenvalue weighted by Crippen LogP contribution is -2.33. The monoisotopic (exact) mass is 340 g/mol. The lowest BCUT2D eigenvalue weighted by atomic mass is 10.1. The van der Waals surface area contributed by atoms with E-state index in [1.807, 2.05) is 30.5 Å². The first-order valence-corrected chi connectivity index (χ1v) is 8.19. The molecule has 0 unspecified atom stereocenters. The molecule has 0 fully saturated rings. The Morgan fingerprint density at radius 1 is 1.20 bits per heavy atom. The molecule has 0 saturated carbocycles. The minimum absolute atomic E-state index is 0.0456. The summed E-state index contributed by atoms with van der Waals surface area (Å²) in [6.07, 6.45) is 3.47. The van der Waals surface area contributed by atoms with Crippen molar-refractivity contribution in [2.24, 2.45) is 0 Å². The number of carbonyl (C=O) groups excluding carboxylic acids is 2. The molecule has 0 aliphatic heterocycles. The Balaban J connectivity index is 1.87. The number of ether oxygens (including phenoxy) is 1. The highest BCUT2D eigenvalue weighted by atomic mass is 16.6.